The second-order valence-electron chi connectivity index (χ2n) is 4.27. The van der Waals surface area contributed by atoms with Crippen molar-refractivity contribution in [2.45, 2.75) is 44.0 Å². The molecule has 3 rings (SSSR count). The van der Waals surface area contributed by atoms with Gasteiger partial charge >= 0.3 is 0 Å². The summed E-state index contributed by atoms with van der Waals surface area (Å²) in [5.41, 5.74) is 0. The molecule has 0 aromatic carbocycles. The van der Waals surface area contributed by atoms with E-state index in [4.69, 9.17) is 4.74 Å². The molecule has 0 amide bonds. The quantitative estimate of drug-likeness (QED) is 0.526. The van der Waals surface area contributed by atoms with Crippen molar-refractivity contribution >= 4 is 0 Å². The minimum Gasteiger partial charge on any atom is -0.393 e. The fraction of sp³-hybridized carbons (Fsp3) is 1.00. The van der Waals surface area contributed by atoms with Crippen molar-refractivity contribution in [2.75, 3.05) is 0 Å². The topological polar surface area (TPSA) is 32.8 Å². The highest BCUT2D eigenvalue weighted by atomic mass is 16.6. The van der Waals surface area contributed by atoms with Crippen LogP contribution in [-0.4, -0.2) is 23.4 Å². The lowest BCUT2D eigenvalue weighted by atomic mass is 9.79. The first-order valence-corrected chi connectivity index (χ1v) is 4.68. The SMILES string of the molecule is OC1CCC2CC3OC3C2C1. The summed E-state index contributed by atoms with van der Waals surface area (Å²) in [6, 6.07) is 0. The Bertz CT molecular complexity index is 180. The molecule has 62 valence electrons. The zero-order valence-electron chi connectivity index (χ0n) is 6.57. The van der Waals surface area contributed by atoms with E-state index in [2.05, 4.69) is 0 Å². The third-order valence-corrected chi connectivity index (χ3v) is 3.60. The highest BCUT2D eigenvalue weighted by molar-refractivity contribution is 5.04. The lowest BCUT2D eigenvalue weighted by molar-refractivity contribution is 0.0514. The van der Waals surface area contributed by atoms with Crippen LogP contribution in [0.25, 0.3) is 0 Å². The Kier molecular flexibility index (Phi) is 1.16. The average molecular weight is 154 g/mol. The van der Waals surface area contributed by atoms with Crippen LogP contribution in [0, 0.1) is 11.8 Å². The normalized spacial score (nSPS) is 60.3. The van der Waals surface area contributed by atoms with Crippen molar-refractivity contribution in [3.05, 3.63) is 0 Å². The van der Waals surface area contributed by atoms with Crippen LogP contribution in [0.3, 0.4) is 0 Å². The molecule has 2 heteroatoms. The Hall–Kier alpha value is -0.0800. The van der Waals surface area contributed by atoms with Gasteiger partial charge in [-0.1, -0.05) is 0 Å². The van der Waals surface area contributed by atoms with E-state index in [1.807, 2.05) is 0 Å². The van der Waals surface area contributed by atoms with E-state index in [-0.39, 0.29) is 6.10 Å². The van der Waals surface area contributed by atoms with Gasteiger partial charge in [0, 0.05) is 0 Å². The lowest BCUT2D eigenvalue weighted by Gasteiger charge is -2.29. The largest absolute Gasteiger partial charge is 0.393 e. The number of hydrogen-bond acceptors (Lipinski definition) is 2. The van der Waals surface area contributed by atoms with E-state index in [0.717, 1.165) is 18.8 Å². The molecule has 3 fully saturated rings. The number of aliphatic hydroxyl groups is 1. The zero-order chi connectivity index (χ0) is 7.42. The number of epoxide rings is 1. The average Bonchev–Trinajstić information content (AvgIpc) is 2.67. The van der Waals surface area contributed by atoms with Gasteiger partial charge in [0.1, 0.15) is 0 Å². The molecule has 1 N–H and O–H groups in total. The van der Waals surface area contributed by atoms with Crippen LogP contribution in [0.4, 0.5) is 0 Å². The highest BCUT2D eigenvalue weighted by Gasteiger charge is 2.56. The summed E-state index contributed by atoms with van der Waals surface area (Å²) in [7, 11) is 0. The predicted molar refractivity (Wildman–Crippen MR) is 40.1 cm³/mol. The summed E-state index contributed by atoms with van der Waals surface area (Å²) in [5.74, 6) is 1.60. The Morgan fingerprint density at radius 3 is 3.00 bits per heavy atom. The van der Waals surface area contributed by atoms with Crippen LogP contribution in [0.1, 0.15) is 25.7 Å². The van der Waals surface area contributed by atoms with Crippen molar-refractivity contribution in [1.29, 1.82) is 0 Å². The molecule has 5 unspecified atom stereocenters. The molecule has 0 aromatic rings. The lowest BCUT2D eigenvalue weighted by Crippen LogP contribution is -2.27. The molecule has 0 aromatic heterocycles. The van der Waals surface area contributed by atoms with Crippen LogP contribution in [0.15, 0.2) is 0 Å². The van der Waals surface area contributed by atoms with Crippen LogP contribution < -0.4 is 0 Å². The summed E-state index contributed by atoms with van der Waals surface area (Å²) in [5, 5.41) is 9.44. The van der Waals surface area contributed by atoms with E-state index < -0.39 is 0 Å². The van der Waals surface area contributed by atoms with Gasteiger partial charge in [0.2, 0.25) is 0 Å². The molecule has 1 aliphatic heterocycles. The van der Waals surface area contributed by atoms with Gasteiger partial charge in [-0.25, -0.2) is 0 Å². The summed E-state index contributed by atoms with van der Waals surface area (Å²) < 4.78 is 5.46. The first kappa shape index (κ1) is 6.44. The smallest absolute Gasteiger partial charge is 0.0873 e. The summed E-state index contributed by atoms with van der Waals surface area (Å²) >= 11 is 0. The van der Waals surface area contributed by atoms with Crippen molar-refractivity contribution < 1.29 is 9.84 Å². The van der Waals surface area contributed by atoms with Crippen LogP contribution in [0.5, 0.6) is 0 Å². The fourth-order valence-electron chi connectivity index (χ4n) is 2.96. The fourth-order valence-corrected chi connectivity index (χ4v) is 2.96. The second-order valence-corrected chi connectivity index (χ2v) is 4.27. The molecule has 1 saturated heterocycles. The number of fused-ring (bicyclic) bond motifs is 3. The molecule has 5 atom stereocenters. The molecule has 2 saturated carbocycles. The van der Waals surface area contributed by atoms with E-state index in [9.17, 15) is 5.11 Å². The molecule has 3 aliphatic rings. The van der Waals surface area contributed by atoms with Gasteiger partial charge in [-0.2, -0.15) is 0 Å². The number of ether oxygens (including phenoxy) is 1. The summed E-state index contributed by atoms with van der Waals surface area (Å²) in [4.78, 5) is 0. The highest BCUT2D eigenvalue weighted by Crippen LogP contribution is 2.52. The molecule has 0 radical (unpaired) electrons. The molecule has 0 bridgehead atoms. The zero-order valence-corrected chi connectivity index (χ0v) is 6.57. The maximum atomic E-state index is 9.44. The summed E-state index contributed by atoms with van der Waals surface area (Å²) in [6.45, 7) is 0. The van der Waals surface area contributed by atoms with Gasteiger partial charge in [-0.15, -0.1) is 0 Å². The van der Waals surface area contributed by atoms with Crippen molar-refractivity contribution in [3.8, 4) is 0 Å². The molecule has 11 heavy (non-hydrogen) atoms. The first-order valence-electron chi connectivity index (χ1n) is 4.68. The second kappa shape index (κ2) is 1.99. The molecular formula is C9H14O2. The minimum atomic E-state index is -0.0285. The van der Waals surface area contributed by atoms with Crippen LogP contribution >= 0.6 is 0 Å². The standard InChI is InChI=1S/C9H14O2/c10-6-2-1-5-3-8-9(11-8)7(5)4-6/h5-10H,1-4H2. The monoisotopic (exact) mass is 154 g/mol. The number of hydrogen-bond donors (Lipinski definition) is 1. The molecule has 2 aliphatic carbocycles. The van der Waals surface area contributed by atoms with E-state index in [0.29, 0.717) is 18.1 Å². The maximum absolute atomic E-state index is 9.44. The number of rotatable bonds is 0. The third kappa shape index (κ3) is 0.859. The molecular weight excluding hydrogens is 140 g/mol. The van der Waals surface area contributed by atoms with E-state index >= 15 is 0 Å². The Morgan fingerprint density at radius 2 is 2.09 bits per heavy atom. The Morgan fingerprint density at radius 1 is 1.18 bits per heavy atom. The molecule has 2 nitrogen and oxygen atoms in total. The van der Waals surface area contributed by atoms with Gasteiger partial charge in [0.15, 0.2) is 0 Å². The van der Waals surface area contributed by atoms with E-state index in [1.165, 1.54) is 12.8 Å². The van der Waals surface area contributed by atoms with Crippen molar-refractivity contribution in [3.63, 3.8) is 0 Å². The van der Waals surface area contributed by atoms with Crippen molar-refractivity contribution in [1.82, 2.24) is 0 Å². The van der Waals surface area contributed by atoms with Crippen LogP contribution in [0.2, 0.25) is 0 Å². The van der Waals surface area contributed by atoms with Crippen LogP contribution in [-0.2, 0) is 4.74 Å². The van der Waals surface area contributed by atoms with E-state index in [1.54, 1.807) is 0 Å². The minimum absolute atomic E-state index is 0.0285. The predicted octanol–water partition coefficient (Wildman–Crippen LogP) is 0.935. The van der Waals surface area contributed by atoms with Crippen molar-refractivity contribution in [2.24, 2.45) is 11.8 Å². The molecule has 0 spiro atoms. The first-order chi connectivity index (χ1) is 5.34. The Balaban J connectivity index is 1.77. The van der Waals surface area contributed by atoms with Gasteiger partial charge in [-0.3, -0.25) is 0 Å². The van der Waals surface area contributed by atoms with Gasteiger partial charge in [-0.05, 0) is 37.5 Å². The number of aliphatic hydroxyl groups excluding tert-OH is 1. The molecule has 1 heterocycles. The summed E-state index contributed by atoms with van der Waals surface area (Å²) in [6.07, 6.45) is 5.67. The maximum Gasteiger partial charge on any atom is 0.0873 e. The third-order valence-electron chi connectivity index (χ3n) is 3.60. The van der Waals surface area contributed by atoms with Gasteiger partial charge in [0.25, 0.3) is 0 Å². The Labute approximate surface area is 66.5 Å². The van der Waals surface area contributed by atoms with Gasteiger partial charge < -0.3 is 9.84 Å². The van der Waals surface area contributed by atoms with Gasteiger partial charge in [0.05, 0.1) is 18.3 Å².